The number of aldehydes is 1. The van der Waals surface area contributed by atoms with Crippen molar-refractivity contribution in [3.8, 4) is 0 Å². The molecule has 12 heavy (non-hydrogen) atoms. The fraction of sp³-hybridized carbons (Fsp3) is 0.375. The van der Waals surface area contributed by atoms with E-state index in [1.165, 1.54) is 0 Å². The minimum atomic E-state index is 0. The van der Waals surface area contributed by atoms with Crippen molar-refractivity contribution in [2.24, 2.45) is 0 Å². The Kier molecular flexibility index (Phi) is 5.02. The van der Waals surface area contributed by atoms with E-state index < -0.39 is 0 Å². The summed E-state index contributed by atoms with van der Waals surface area (Å²) < 4.78 is 0. The maximum Gasteiger partial charge on any atom is 0.147 e. The van der Waals surface area contributed by atoms with Gasteiger partial charge in [-0.3, -0.25) is 4.79 Å². The van der Waals surface area contributed by atoms with Crippen molar-refractivity contribution in [1.29, 1.82) is 0 Å². The van der Waals surface area contributed by atoms with Gasteiger partial charge in [0.2, 0.25) is 0 Å². The number of carbonyl (C=O) groups excluding carboxylic acids is 1. The van der Waals surface area contributed by atoms with E-state index in [0.29, 0.717) is 16.2 Å². The van der Waals surface area contributed by atoms with Gasteiger partial charge in [-0.15, -0.1) is 12.4 Å². The van der Waals surface area contributed by atoms with Crippen LogP contribution in [0.25, 0.3) is 0 Å². The highest BCUT2D eigenvalue weighted by molar-refractivity contribution is 6.33. The summed E-state index contributed by atoms with van der Waals surface area (Å²) >= 11 is 5.77. The third kappa shape index (κ3) is 2.26. The van der Waals surface area contributed by atoms with Crippen LogP contribution in [0.1, 0.15) is 19.3 Å². The zero-order valence-electron chi connectivity index (χ0n) is 6.42. The number of hydrogen-bond donors (Lipinski definition) is 1. The quantitative estimate of drug-likeness (QED) is 0.532. The first-order chi connectivity index (χ1) is 5.29. The van der Waals surface area contributed by atoms with Gasteiger partial charge in [0.1, 0.15) is 6.29 Å². The van der Waals surface area contributed by atoms with Crippen LogP contribution in [-0.4, -0.2) is 11.4 Å². The molecule has 4 heteroatoms. The predicted molar refractivity (Wildman–Crippen MR) is 50.8 cm³/mol. The number of rotatable bonds is 1. The monoisotopic (exact) mass is 208 g/mol. The van der Waals surface area contributed by atoms with Crippen molar-refractivity contribution < 1.29 is 9.90 Å². The molecule has 0 aliphatic heterocycles. The molecule has 1 aliphatic carbocycles. The van der Waals surface area contributed by atoms with Crippen LogP contribution in [0.15, 0.2) is 22.4 Å². The molecule has 0 saturated carbocycles. The second-order valence-corrected chi connectivity index (χ2v) is 2.84. The number of halogens is 2. The van der Waals surface area contributed by atoms with Gasteiger partial charge in [-0.25, -0.2) is 0 Å². The van der Waals surface area contributed by atoms with Crippen molar-refractivity contribution in [2.75, 3.05) is 0 Å². The van der Waals surface area contributed by atoms with Crippen LogP contribution in [0.3, 0.4) is 0 Å². The normalized spacial score (nSPS) is 20.6. The lowest BCUT2D eigenvalue weighted by Crippen LogP contribution is -2.00. The lowest BCUT2D eigenvalue weighted by Gasteiger charge is -2.13. The molecule has 1 aliphatic rings. The molecule has 1 rings (SSSR count). The lowest BCUT2D eigenvalue weighted by atomic mass is 9.96. The van der Waals surface area contributed by atoms with Crippen molar-refractivity contribution in [2.45, 2.75) is 19.3 Å². The fourth-order valence-corrected chi connectivity index (χ4v) is 1.41. The van der Waals surface area contributed by atoms with Gasteiger partial charge in [-0.1, -0.05) is 11.6 Å². The lowest BCUT2D eigenvalue weighted by molar-refractivity contribution is -0.105. The maximum absolute atomic E-state index is 10.4. The van der Waals surface area contributed by atoms with Gasteiger partial charge in [0.15, 0.2) is 0 Å². The van der Waals surface area contributed by atoms with Gasteiger partial charge in [0.05, 0.1) is 11.3 Å². The zero-order valence-corrected chi connectivity index (χ0v) is 7.99. The second kappa shape index (κ2) is 5.22. The highest BCUT2D eigenvalue weighted by atomic mass is 35.5. The molecule has 0 aromatic rings. The molecule has 0 aromatic heterocycles. The summed E-state index contributed by atoms with van der Waals surface area (Å²) in [6.07, 6.45) is 4.10. The van der Waals surface area contributed by atoms with E-state index in [0.717, 1.165) is 31.8 Å². The minimum absolute atomic E-state index is 0. The molecule has 0 atom stereocenters. The third-order valence-corrected chi connectivity index (χ3v) is 2.24. The molecule has 0 unspecified atom stereocenters. The van der Waals surface area contributed by atoms with E-state index in [1.807, 2.05) is 0 Å². The largest absolute Gasteiger partial charge is 0.515 e. The molecule has 0 saturated heterocycles. The number of aliphatic hydroxyl groups excluding tert-OH is 1. The second-order valence-electron chi connectivity index (χ2n) is 2.46. The molecule has 2 nitrogen and oxygen atoms in total. The van der Waals surface area contributed by atoms with Crippen LogP contribution in [0.2, 0.25) is 0 Å². The molecule has 0 aromatic carbocycles. The minimum Gasteiger partial charge on any atom is -0.515 e. The van der Waals surface area contributed by atoms with Gasteiger partial charge in [-0.2, -0.15) is 0 Å². The summed E-state index contributed by atoms with van der Waals surface area (Å²) in [6, 6.07) is 0. The van der Waals surface area contributed by atoms with Crippen molar-refractivity contribution in [3.63, 3.8) is 0 Å². The van der Waals surface area contributed by atoms with Crippen LogP contribution in [0.5, 0.6) is 0 Å². The Labute approximate surface area is 82.3 Å². The highest BCUT2D eigenvalue weighted by Crippen LogP contribution is 2.30. The fourth-order valence-electron chi connectivity index (χ4n) is 1.13. The molecule has 0 heterocycles. The van der Waals surface area contributed by atoms with Gasteiger partial charge in [0, 0.05) is 11.1 Å². The summed E-state index contributed by atoms with van der Waals surface area (Å²) in [5.74, 6) is 0. The molecular formula is C8H10Cl2O2. The summed E-state index contributed by atoms with van der Waals surface area (Å²) in [6.45, 7) is 0. The molecular weight excluding hydrogens is 199 g/mol. The molecule has 68 valence electrons. The van der Waals surface area contributed by atoms with E-state index in [9.17, 15) is 4.79 Å². The van der Waals surface area contributed by atoms with E-state index in [2.05, 4.69) is 0 Å². The Morgan fingerprint density at radius 3 is 2.58 bits per heavy atom. The molecule has 0 radical (unpaired) electrons. The van der Waals surface area contributed by atoms with Crippen LogP contribution in [-0.2, 0) is 4.79 Å². The molecule has 0 amide bonds. The van der Waals surface area contributed by atoms with Crippen LogP contribution < -0.4 is 0 Å². The maximum atomic E-state index is 10.4. The van der Waals surface area contributed by atoms with E-state index in [-0.39, 0.29) is 12.4 Å². The number of aliphatic hydroxyl groups is 1. The SMILES string of the molecule is Cl.O=CC1=C(Cl)C(=CO)CCC1. The van der Waals surface area contributed by atoms with Gasteiger partial charge in [0.25, 0.3) is 0 Å². The van der Waals surface area contributed by atoms with Crippen molar-refractivity contribution in [3.05, 3.63) is 22.4 Å². The summed E-state index contributed by atoms with van der Waals surface area (Å²) in [7, 11) is 0. The summed E-state index contributed by atoms with van der Waals surface area (Å²) in [4.78, 5) is 10.4. The van der Waals surface area contributed by atoms with Crippen LogP contribution >= 0.6 is 24.0 Å². The zero-order chi connectivity index (χ0) is 8.27. The highest BCUT2D eigenvalue weighted by Gasteiger charge is 2.14. The summed E-state index contributed by atoms with van der Waals surface area (Å²) in [5, 5.41) is 9.10. The smallest absolute Gasteiger partial charge is 0.147 e. The van der Waals surface area contributed by atoms with E-state index in [1.54, 1.807) is 0 Å². The van der Waals surface area contributed by atoms with Crippen molar-refractivity contribution >= 4 is 30.3 Å². The molecule has 0 fully saturated rings. The predicted octanol–water partition coefficient (Wildman–Crippen LogP) is 2.73. The van der Waals surface area contributed by atoms with Gasteiger partial charge < -0.3 is 5.11 Å². The standard InChI is InChI=1S/C8H9ClO2.ClH/c9-8-6(4-10)2-1-3-7(8)5-11;/h4-5,10H,1-3H2;1H. The van der Waals surface area contributed by atoms with E-state index in [4.69, 9.17) is 16.7 Å². The van der Waals surface area contributed by atoms with Gasteiger partial charge >= 0.3 is 0 Å². The van der Waals surface area contributed by atoms with E-state index >= 15 is 0 Å². The molecule has 1 N–H and O–H groups in total. The number of carbonyl (C=O) groups is 1. The average Bonchev–Trinajstić information content (AvgIpc) is 2.05. The molecule has 0 spiro atoms. The first-order valence-corrected chi connectivity index (χ1v) is 3.85. The average molecular weight is 209 g/mol. The number of hydrogen-bond acceptors (Lipinski definition) is 2. The Morgan fingerprint density at radius 1 is 1.42 bits per heavy atom. The Balaban J connectivity index is 0.00000121. The van der Waals surface area contributed by atoms with Crippen molar-refractivity contribution in [1.82, 2.24) is 0 Å². The Morgan fingerprint density at radius 2 is 2.08 bits per heavy atom. The number of allylic oxidation sites excluding steroid dienone is 3. The van der Waals surface area contributed by atoms with Gasteiger partial charge in [-0.05, 0) is 19.3 Å². The third-order valence-electron chi connectivity index (χ3n) is 1.75. The Bertz CT molecular complexity index is 231. The first kappa shape index (κ1) is 11.5. The molecule has 0 bridgehead atoms. The van der Waals surface area contributed by atoms with Crippen LogP contribution in [0, 0.1) is 0 Å². The summed E-state index contributed by atoms with van der Waals surface area (Å²) in [5.41, 5.74) is 1.26. The Hall–Kier alpha value is -0.470. The first-order valence-electron chi connectivity index (χ1n) is 3.47. The van der Waals surface area contributed by atoms with Crippen LogP contribution in [0.4, 0.5) is 0 Å². The topological polar surface area (TPSA) is 37.3 Å².